The molecule has 0 aliphatic heterocycles. The van der Waals surface area contributed by atoms with E-state index in [2.05, 4.69) is 0 Å². The van der Waals surface area contributed by atoms with Gasteiger partial charge in [0.2, 0.25) is 5.75 Å². The van der Waals surface area contributed by atoms with E-state index in [9.17, 15) is 15.0 Å². The van der Waals surface area contributed by atoms with E-state index in [4.69, 9.17) is 10.2 Å². The van der Waals surface area contributed by atoms with Crippen LogP contribution >= 0.6 is 0 Å². The van der Waals surface area contributed by atoms with E-state index >= 15 is 0 Å². The molecule has 0 heterocycles. The molecule has 2 aromatic rings. The summed E-state index contributed by atoms with van der Waals surface area (Å²) in [4.78, 5) is 12.0. The van der Waals surface area contributed by atoms with Gasteiger partial charge in [0.1, 0.15) is 5.75 Å². The van der Waals surface area contributed by atoms with Gasteiger partial charge in [-0.1, -0.05) is 0 Å². The molecule has 0 aliphatic rings. The fourth-order valence-corrected chi connectivity index (χ4v) is 1.52. The van der Waals surface area contributed by atoms with Gasteiger partial charge in [0.15, 0.2) is 17.3 Å². The van der Waals surface area contributed by atoms with Crippen LogP contribution in [0.25, 0.3) is 0 Å². The predicted octanol–water partition coefficient (Wildman–Crippen LogP) is 2.72. The maximum absolute atomic E-state index is 12.0. The Kier molecular flexibility index (Phi) is 2.81. The number of benzene rings is 2. The summed E-state index contributed by atoms with van der Waals surface area (Å²) in [6, 6.07) is 7.78. The highest BCUT2D eigenvalue weighted by Crippen LogP contribution is 2.37. The predicted molar refractivity (Wildman–Crippen MR) is 71.4 cm³/mol. The summed E-state index contributed by atoms with van der Waals surface area (Å²) < 4.78 is 0. The number of aromatic hydroxyl groups is 4. The summed E-state index contributed by atoms with van der Waals surface area (Å²) in [6.45, 7) is 0. The Hall–Kier alpha value is -2.69. The smallest absolute Gasteiger partial charge is 0.201 e. The van der Waals surface area contributed by atoms with Crippen LogP contribution in [-0.2, 0) is 0 Å². The van der Waals surface area contributed by atoms with Gasteiger partial charge < -0.3 is 20.4 Å². The minimum Gasteiger partial charge on any atom is -0.508 e. The summed E-state index contributed by atoms with van der Waals surface area (Å²) in [5.74, 6) is -2.42. The number of phenols is 4. The molecule has 5 heteroatoms. The van der Waals surface area contributed by atoms with Crippen molar-refractivity contribution in [3.63, 3.8) is 0 Å². The van der Waals surface area contributed by atoms with Crippen LogP contribution in [0.1, 0.15) is 21.6 Å². The number of phenolic OH excluding ortho intramolecular Hbond substituents is 4. The Bertz CT molecular complexity index is 617. The lowest BCUT2D eigenvalue weighted by atomic mass is 10.0. The van der Waals surface area contributed by atoms with Crippen LogP contribution in [0.3, 0.4) is 0 Å². The summed E-state index contributed by atoms with van der Waals surface area (Å²) in [5.41, 5.74) is 0.115. The Labute approximate surface area is 108 Å². The van der Waals surface area contributed by atoms with Crippen molar-refractivity contribution in [2.75, 3.05) is 0 Å². The van der Waals surface area contributed by atoms with Crippen molar-refractivity contribution in [1.82, 2.24) is 0 Å². The zero-order chi connectivity index (χ0) is 13.3. The molecule has 0 aromatic heterocycles. The fraction of sp³-hybridized carbons (Fsp3) is 0. The van der Waals surface area contributed by atoms with Gasteiger partial charge in [-0.3, -0.25) is 4.79 Å². The summed E-state index contributed by atoms with van der Waals surface area (Å²) in [6.07, 6.45) is 0. The van der Waals surface area contributed by atoms with Gasteiger partial charge in [0.25, 0.3) is 0 Å². The monoisotopic (exact) mass is 254 g/mol. The topological polar surface area (TPSA) is 98.0 Å². The third-order valence-electron chi connectivity index (χ3n) is 2.50. The van der Waals surface area contributed by atoms with E-state index in [-0.39, 0.29) is 22.6 Å². The van der Waals surface area contributed by atoms with E-state index in [1.165, 1.54) is 30.3 Å². The van der Waals surface area contributed by atoms with Crippen molar-refractivity contribution >= 4 is 5.78 Å². The third-order valence-corrected chi connectivity index (χ3v) is 2.50. The average Bonchev–Trinajstić information content (AvgIpc) is 2.36. The molecule has 0 atom stereocenters. The molecule has 0 aliphatic carbocycles. The van der Waals surface area contributed by atoms with Gasteiger partial charge in [-0.15, -0.1) is 0 Å². The van der Waals surface area contributed by atoms with Gasteiger partial charge in [0.05, 0.1) is 5.56 Å². The Morgan fingerprint density at radius 3 is 2.06 bits per heavy atom. The minimum atomic E-state index is -0.736. The average molecular weight is 254 g/mol. The van der Waals surface area contributed by atoms with Crippen LogP contribution in [-0.4, -0.2) is 26.2 Å². The van der Waals surface area contributed by atoms with E-state index in [0.29, 0.717) is 0 Å². The highest BCUT2D eigenvalue weighted by atomic mass is 16.3. The second-order valence-electron chi connectivity index (χ2n) is 3.71. The largest absolute Gasteiger partial charge is 0.508 e. The molecule has 0 amide bonds. The molecule has 100 valence electrons. The highest BCUT2D eigenvalue weighted by molar-refractivity contribution is 6.11. The first-order chi connectivity index (χ1) is 8.50. The number of ketones is 1. The second kappa shape index (κ2) is 4.29. The lowest BCUT2D eigenvalue weighted by molar-refractivity contribution is 0.103. The van der Waals surface area contributed by atoms with Crippen LogP contribution in [0.15, 0.2) is 36.4 Å². The molecule has 18 heavy (non-hydrogen) atoms. The van der Waals surface area contributed by atoms with Gasteiger partial charge in [0, 0.05) is 11.3 Å². The van der Waals surface area contributed by atoms with E-state index in [1.54, 1.807) is 0 Å². The quantitative estimate of drug-likeness (QED) is 0.488. The maximum atomic E-state index is 12.0. The second-order valence-corrected chi connectivity index (χ2v) is 3.71. The molecule has 5 nitrogen and oxygen atoms in total. The van der Waals surface area contributed by atoms with E-state index in [0.717, 1.165) is 6.07 Å². The van der Waals surface area contributed by atoms with E-state index < -0.39 is 23.0 Å². The SMILES string of the molecule is O=C(c1ccc(O)cc1)c1ccc(O)c(O)c1O.[HH].[HH].[HH].[HH]. The van der Waals surface area contributed by atoms with Crippen LogP contribution in [0.4, 0.5) is 0 Å². The molecule has 2 aromatic carbocycles. The fourth-order valence-electron chi connectivity index (χ4n) is 1.52. The minimum absolute atomic E-state index is 0. The maximum Gasteiger partial charge on any atom is 0.201 e. The Morgan fingerprint density at radius 1 is 0.833 bits per heavy atom. The molecule has 2 rings (SSSR count). The molecule has 0 saturated carbocycles. The molecule has 0 radical (unpaired) electrons. The van der Waals surface area contributed by atoms with Crippen LogP contribution < -0.4 is 0 Å². The van der Waals surface area contributed by atoms with Crippen LogP contribution in [0.5, 0.6) is 23.0 Å². The standard InChI is InChI=1S/C13H10O5.4H2/c14-8-3-1-7(2-4-8)11(16)9-5-6-10(15)13(18)12(9)17;;;;/h1-6,14-15,17-18H;4*1H. The summed E-state index contributed by atoms with van der Waals surface area (Å²) in [5, 5.41) is 37.2. The normalized spacial score (nSPS) is 10.2. The third kappa shape index (κ3) is 1.93. The van der Waals surface area contributed by atoms with Crippen molar-refractivity contribution in [2.45, 2.75) is 0 Å². The van der Waals surface area contributed by atoms with Gasteiger partial charge in [-0.05, 0) is 36.4 Å². The van der Waals surface area contributed by atoms with Crippen LogP contribution in [0, 0.1) is 0 Å². The van der Waals surface area contributed by atoms with Gasteiger partial charge in [-0.2, -0.15) is 0 Å². The lowest BCUT2D eigenvalue weighted by Crippen LogP contribution is -2.01. The summed E-state index contributed by atoms with van der Waals surface area (Å²) in [7, 11) is 0. The number of hydrogen-bond donors (Lipinski definition) is 4. The number of rotatable bonds is 2. The van der Waals surface area contributed by atoms with E-state index in [1.807, 2.05) is 0 Å². The van der Waals surface area contributed by atoms with Gasteiger partial charge in [-0.25, -0.2) is 0 Å². The number of carbonyl (C=O) groups is 1. The highest BCUT2D eigenvalue weighted by Gasteiger charge is 2.18. The van der Waals surface area contributed by atoms with Crippen LogP contribution in [0.2, 0.25) is 0 Å². The zero-order valence-corrected chi connectivity index (χ0v) is 9.16. The Balaban J connectivity index is -0.000000902. The molecule has 0 bridgehead atoms. The van der Waals surface area contributed by atoms with Crippen molar-refractivity contribution in [1.29, 1.82) is 0 Å². The Morgan fingerprint density at radius 2 is 1.44 bits per heavy atom. The first-order valence-corrected chi connectivity index (χ1v) is 5.08. The first-order valence-electron chi connectivity index (χ1n) is 5.08. The lowest BCUT2D eigenvalue weighted by Gasteiger charge is -2.06. The van der Waals surface area contributed by atoms with Gasteiger partial charge >= 0.3 is 0 Å². The molecule has 0 fully saturated rings. The van der Waals surface area contributed by atoms with Crippen molar-refractivity contribution in [3.05, 3.63) is 47.5 Å². The van der Waals surface area contributed by atoms with Crippen molar-refractivity contribution in [2.24, 2.45) is 0 Å². The molecule has 4 N–H and O–H groups in total. The molecule has 0 saturated heterocycles. The van der Waals surface area contributed by atoms with Crippen molar-refractivity contribution < 1.29 is 30.9 Å². The first kappa shape index (κ1) is 11.8. The molecule has 0 unspecified atom stereocenters. The summed E-state index contributed by atoms with van der Waals surface area (Å²) >= 11 is 0. The number of hydrogen-bond acceptors (Lipinski definition) is 5. The molecular formula is C13H18O5. The van der Waals surface area contributed by atoms with Crippen molar-refractivity contribution in [3.8, 4) is 23.0 Å². The molecule has 0 spiro atoms. The zero-order valence-electron chi connectivity index (χ0n) is 9.16. The molecular weight excluding hydrogens is 236 g/mol. The number of carbonyl (C=O) groups excluding carboxylic acids is 1.